The van der Waals surface area contributed by atoms with Gasteiger partial charge in [-0.05, 0) is 37.5 Å². The molecule has 1 aliphatic heterocycles. The number of rotatable bonds is 7. The van der Waals surface area contributed by atoms with Gasteiger partial charge in [0.25, 0.3) is 0 Å². The molecule has 0 bridgehead atoms. The second-order valence-electron chi connectivity index (χ2n) is 6.80. The van der Waals surface area contributed by atoms with Crippen LogP contribution in [0.25, 0.3) is 0 Å². The summed E-state index contributed by atoms with van der Waals surface area (Å²) in [6.07, 6.45) is 1.30. The lowest BCUT2D eigenvalue weighted by molar-refractivity contribution is 0.101. The van der Waals surface area contributed by atoms with Crippen LogP contribution < -0.4 is 4.74 Å². The van der Waals surface area contributed by atoms with Crippen LogP contribution in [0.1, 0.15) is 35.1 Å². The first-order valence-electron chi connectivity index (χ1n) is 8.68. The molecule has 1 atom stereocenters. The van der Waals surface area contributed by atoms with Crippen molar-refractivity contribution in [3.05, 3.63) is 35.2 Å². The molecule has 1 aromatic carbocycles. The molecule has 9 heteroatoms. The fourth-order valence-electron chi connectivity index (χ4n) is 3.19. The summed E-state index contributed by atoms with van der Waals surface area (Å²) in [4.78, 5) is 11.6. The lowest BCUT2D eigenvalue weighted by atomic mass is 10.1. The summed E-state index contributed by atoms with van der Waals surface area (Å²) in [6.45, 7) is 1.54. The summed E-state index contributed by atoms with van der Waals surface area (Å²) < 4.78 is 30.6. The quantitative estimate of drug-likeness (QED) is 0.512. The van der Waals surface area contributed by atoms with Gasteiger partial charge in [0.05, 0.1) is 18.6 Å². The van der Waals surface area contributed by atoms with E-state index in [9.17, 15) is 13.2 Å². The number of ketones is 1. The van der Waals surface area contributed by atoms with E-state index in [1.807, 2.05) is 17.7 Å². The van der Waals surface area contributed by atoms with Crippen LogP contribution in [-0.4, -0.2) is 47.6 Å². The largest absolute Gasteiger partial charge is 0.496 e. The molecule has 3 rings (SSSR count). The SMILES string of the molecule is COc1ccc(C(C)=O)cc1CSc1nnc(C[C@@H]2CCS(=O)(=O)C2)n1C. The van der Waals surface area contributed by atoms with Gasteiger partial charge in [-0.3, -0.25) is 4.79 Å². The number of hydrogen-bond donors (Lipinski definition) is 0. The van der Waals surface area contributed by atoms with Gasteiger partial charge >= 0.3 is 0 Å². The van der Waals surface area contributed by atoms with E-state index >= 15 is 0 Å². The van der Waals surface area contributed by atoms with Crippen molar-refractivity contribution < 1.29 is 17.9 Å². The summed E-state index contributed by atoms with van der Waals surface area (Å²) >= 11 is 1.51. The number of sulfone groups is 1. The molecule has 27 heavy (non-hydrogen) atoms. The minimum atomic E-state index is -2.89. The lowest BCUT2D eigenvalue weighted by Gasteiger charge is -2.10. The van der Waals surface area contributed by atoms with Crippen molar-refractivity contribution in [2.75, 3.05) is 18.6 Å². The Balaban J connectivity index is 1.70. The zero-order valence-corrected chi connectivity index (χ0v) is 17.3. The van der Waals surface area contributed by atoms with E-state index in [2.05, 4.69) is 10.2 Å². The molecule has 1 saturated heterocycles. The predicted molar refractivity (Wildman–Crippen MR) is 104 cm³/mol. The van der Waals surface area contributed by atoms with E-state index in [-0.39, 0.29) is 23.2 Å². The van der Waals surface area contributed by atoms with E-state index in [0.29, 0.717) is 24.2 Å². The van der Waals surface area contributed by atoms with E-state index in [4.69, 9.17) is 4.74 Å². The first-order valence-corrected chi connectivity index (χ1v) is 11.5. The number of aromatic nitrogens is 3. The number of carbonyl (C=O) groups is 1. The second-order valence-corrected chi connectivity index (χ2v) is 9.97. The van der Waals surface area contributed by atoms with Crippen LogP contribution in [0, 0.1) is 5.92 Å². The maximum atomic E-state index is 11.6. The van der Waals surface area contributed by atoms with Gasteiger partial charge in [-0.15, -0.1) is 10.2 Å². The molecular formula is C18H23N3O4S2. The average molecular weight is 410 g/mol. The molecule has 0 N–H and O–H groups in total. The van der Waals surface area contributed by atoms with Crippen molar-refractivity contribution in [1.29, 1.82) is 0 Å². The zero-order valence-electron chi connectivity index (χ0n) is 15.6. The van der Waals surface area contributed by atoms with Crippen molar-refractivity contribution >= 4 is 27.4 Å². The Hall–Kier alpha value is -1.87. The molecule has 7 nitrogen and oxygen atoms in total. The van der Waals surface area contributed by atoms with Gasteiger partial charge in [0, 0.05) is 30.3 Å². The van der Waals surface area contributed by atoms with Crippen LogP contribution in [0.4, 0.5) is 0 Å². The van der Waals surface area contributed by atoms with Crippen molar-refractivity contribution in [2.24, 2.45) is 13.0 Å². The van der Waals surface area contributed by atoms with Gasteiger partial charge < -0.3 is 9.30 Å². The maximum Gasteiger partial charge on any atom is 0.191 e. The number of benzene rings is 1. The minimum Gasteiger partial charge on any atom is -0.496 e. The smallest absolute Gasteiger partial charge is 0.191 e. The van der Waals surface area contributed by atoms with Gasteiger partial charge in [0.2, 0.25) is 0 Å². The maximum absolute atomic E-state index is 11.6. The third kappa shape index (κ3) is 4.70. The third-order valence-electron chi connectivity index (χ3n) is 4.77. The summed E-state index contributed by atoms with van der Waals surface area (Å²) in [6, 6.07) is 5.40. The Morgan fingerprint density at radius 2 is 2.15 bits per heavy atom. The molecule has 0 aliphatic carbocycles. The Morgan fingerprint density at radius 1 is 1.37 bits per heavy atom. The highest BCUT2D eigenvalue weighted by Crippen LogP contribution is 2.29. The fraction of sp³-hybridized carbons (Fsp3) is 0.500. The van der Waals surface area contributed by atoms with Crippen LogP contribution in [0.3, 0.4) is 0 Å². The van der Waals surface area contributed by atoms with E-state index in [1.165, 1.54) is 18.7 Å². The lowest BCUT2D eigenvalue weighted by Crippen LogP contribution is -2.11. The molecule has 1 aromatic heterocycles. The van der Waals surface area contributed by atoms with Gasteiger partial charge in [-0.25, -0.2) is 8.42 Å². The third-order valence-corrected chi connectivity index (χ3v) is 7.67. The van der Waals surface area contributed by atoms with Crippen molar-refractivity contribution in [3.63, 3.8) is 0 Å². The van der Waals surface area contributed by atoms with E-state index in [0.717, 1.165) is 22.3 Å². The molecule has 0 unspecified atom stereocenters. The molecule has 2 aromatic rings. The first kappa shape index (κ1) is 19.9. The monoisotopic (exact) mass is 409 g/mol. The Labute approximate surface area is 163 Å². The number of Topliss-reactive ketones (excluding diaryl/α,β-unsaturated/α-hetero) is 1. The van der Waals surface area contributed by atoms with Crippen LogP contribution in [0.5, 0.6) is 5.75 Å². The number of ether oxygens (including phenoxy) is 1. The Morgan fingerprint density at radius 3 is 2.78 bits per heavy atom. The molecule has 1 aliphatic rings. The Kier molecular flexibility index (Phi) is 5.90. The van der Waals surface area contributed by atoms with Crippen LogP contribution in [0.15, 0.2) is 23.4 Å². The second kappa shape index (κ2) is 8.02. The summed E-state index contributed by atoms with van der Waals surface area (Å²) in [5.74, 6) is 2.74. The molecular weight excluding hydrogens is 386 g/mol. The van der Waals surface area contributed by atoms with Crippen molar-refractivity contribution in [3.8, 4) is 5.75 Å². The summed E-state index contributed by atoms with van der Waals surface area (Å²) in [5, 5.41) is 9.23. The van der Waals surface area contributed by atoms with Gasteiger partial charge in [0.15, 0.2) is 20.8 Å². The molecule has 2 heterocycles. The fourth-order valence-corrected chi connectivity index (χ4v) is 5.96. The molecule has 0 spiro atoms. The molecule has 0 saturated carbocycles. The highest BCUT2D eigenvalue weighted by Gasteiger charge is 2.29. The highest BCUT2D eigenvalue weighted by molar-refractivity contribution is 7.98. The van der Waals surface area contributed by atoms with Crippen molar-refractivity contribution in [1.82, 2.24) is 14.8 Å². The predicted octanol–water partition coefficient (Wildman–Crippen LogP) is 2.30. The van der Waals surface area contributed by atoms with Gasteiger partial charge in [0.1, 0.15) is 11.6 Å². The van der Waals surface area contributed by atoms with Crippen LogP contribution in [-0.2, 0) is 29.1 Å². The van der Waals surface area contributed by atoms with Gasteiger partial charge in [-0.2, -0.15) is 0 Å². The van der Waals surface area contributed by atoms with Crippen LogP contribution in [0.2, 0.25) is 0 Å². The number of hydrogen-bond acceptors (Lipinski definition) is 7. The van der Waals surface area contributed by atoms with E-state index in [1.54, 1.807) is 19.2 Å². The average Bonchev–Trinajstić information content (AvgIpc) is 3.15. The molecule has 0 amide bonds. The molecule has 0 radical (unpaired) electrons. The van der Waals surface area contributed by atoms with Gasteiger partial charge in [-0.1, -0.05) is 11.8 Å². The number of methoxy groups -OCH3 is 1. The highest BCUT2D eigenvalue weighted by atomic mass is 32.2. The zero-order chi connectivity index (χ0) is 19.6. The Bertz CT molecular complexity index is 954. The topological polar surface area (TPSA) is 91.2 Å². The molecule has 146 valence electrons. The molecule has 1 fully saturated rings. The van der Waals surface area contributed by atoms with Crippen LogP contribution >= 0.6 is 11.8 Å². The van der Waals surface area contributed by atoms with Crippen molar-refractivity contribution in [2.45, 2.75) is 30.7 Å². The summed E-state index contributed by atoms with van der Waals surface area (Å²) in [5.41, 5.74) is 1.56. The normalized spacial score (nSPS) is 18.6. The number of carbonyl (C=O) groups excluding carboxylic acids is 1. The minimum absolute atomic E-state index is 0.0105. The van der Waals surface area contributed by atoms with E-state index < -0.39 is 9.84 Å². The first-order chi connectivity index (χ1) is 12.8. The number of nitrogens with zero attached hydrogens (tertiary/aromatic N) is 3. The number of thioether (sulfide) groups is 1. The standard InChI is InChI=1S/C18H23N3O4S2/c1-12(22)14-4-5-16(25-3)15(9-14)10-26-18-20-19-17(21(18)2)8-13-6-7-27(23,24)11-13/h4-5,9,13H,6-8,10-11H2,1-3H3/t13-/m0/s1. The summed E-state index contributed by atoms with van der Waals surface area (Å²) in [7, 11) is 0.607.